The zero-order valence-corrected chi connectivity index (χ0v) is 16.4. The van der Waals surface area contributed by atoms with Crippen LogP contribution in [0.25, 0.3) is 0 Å². The van der Waals surface area contributed by atoms with Crippen molar-refractivity contribution in [3.05, 3.63) is 29.4 Å². The summed E-state index contributed by atoms with van der Waals surface area (Å²) in [5, 5.41) is 3.82. The second-order valence-electron chi connectivity index (χ2n) is 6.60. The van der Waals surface area contributed by atoms with Crippen molar-refractivity contribution < 1.29 is 27.2 Å². The highest BCUT2D eigenvalue weighted by Gasteiger charge is 2.33. The van der Waals surface area contributed by atoms with Gasteiger partial charge in [-0.1, -0.05) is 5.16 Å². The molecule has 0 atom stereocenters. The van der Waals surface area contributed by atoms with Crippen LogP contribution in [0.1, 0.15) is 17.3 Å². The van der Waals surface area contributed by atoms with E-state index in [0.717, 1.165) is 0 Å². The van der Waals surface area contributed by atoms with E-state index in [-0.39, 0.29) is 24.0 Å². The predicted molar refractivity (Wildman–Crippen MR) is 96.5 cm³/mol. The minimum atomic E-state index is -3.68. The molecule has 10 nitrogen and oxygen atoms in total. The Labute approximate surface area is 162 Å². The van der Waals surface area contributed by atoms with Gasteiger partial charge in [0, 0.05) is 26.1 Å². The van der Waals surface area contributed by atoms with Crippen LogP contribution in [-0.4, -0.2) is 61.7 Å². The maximum atomic E-state index is 13.0. The van der Waals surface area contributed by atoms with Crippen molar-refractivity contribution >= 4 is 21.6 Å². The molecule has 0 N–H and O–H groups in total. The third-order valence-corrected chi connectivity index (χ3v) is 6.70. The van der Waals surface area contributed by atoms with E-state index in [1.54, 1.807) is 19.9 Å². The molecule has 2 aliphatic heterocycles. The van der Waals surface area contributed by atoms with Crippen molar-refractivity contribution in [1.29, 1.82) is 0 Å². The molecule has 1 aromatic carbocycles. The molecule has 0 aliphatic carbocycles. The van der Waals surface area contributed by atoms with Gasteiger partial charge in [0.15, 0.2) is 12.4 Å². The van der Waals surface area contributed by atoms with Crippen molar-refractivity contribution in [1.82, 2.24) is 14.4 Å². The Hall–Kier alpha value is -2.50. The maximum Gasteiger partial charge on any atom is 0.265 e. The molecule has 1 fully saturated rings. The summed E-state index contributed by atoms with van der Waals surface area (Å²) in [6.45, 7) is 4.63. The molecule has 2 aromatic rings. The number of benzene rings is 1. The van der Waals surface area contributed by atoms with Gasteiger partial charge in [-0.25, -0.2) is 8.42 Å². The molecular formula is C17H20N4O6S. The van der Waals surface area contributed by atoms with Gasteiger partial charge in [-0.2, -0.15) is 9.29 Å². The Morgan fingerprint density at radius 3 is 2.61 bits per heavy atom. The van der Waals surface area contributed by atoms with Crippen LogP contribution in [-0.2, 0) is 26.1 Å². The van der Waals surface area contributed by atoms with Gasteiger partial charge < -0.3 is 14.0 Å². The van der Waals surface area contributed by atoms with Gasteiger partial charge in [-0.15, -0.1) is 0 Å². The molecule has 2 aliphatic rings. The lowest BCUT2D eigenvalue weighted by molar-refractivity contribution is -0.121. The number of carbonyl (C=O) groups excluding carboxylic acids is 1. The van der Waals surface area contributed by atoms with E-state index >= 15 is 0 Å². The summed E-state index contributed by atoms with van der Waals surface area (Å²) < 4.78 is 43.2. The van der Waals surface area contributed by atoms with Crippen LogP contribution in [0.2, 0.25) is 0 Å². The molecular weight excluding hydrogens is 388 g/mol. The zero-order chi connectivity index (χ0) is 19.9. The fourth-order valence-corrected chi connectivity index (χ4v) is 4.89. The number of sulfonamides is 1. The van der Waals surface area contributed by atoms with Crippen LogP contribution in [0.5, 0.6) is 5.75 Å². The first-order chi connectivity index (χ1) is 13.4. The van der Waals surface area contributed by atoms with Gasteiger partial charge in [-0.05, 0) is 18.6 Å². The molecule has 3 heterocycles. The standard InChI is InChI=1S/C17H20N4O6S/c1-11-7-13-14(8-15(11)28(23,24)20-3-5-25-6-4-20)26-10-17(22)21(13)9-16-18-12(2)27-19-16/h7-8H,3-6,9-10H2,1-2H3. The lowest BCUT2D eigenvalue weighted by Crippen LogP contribution is -2.41. The topological polar surface area (TPSA) is 115 Å². The number of morpholine rings is 1. The molecule has 11 heteroatoms. The smallest absolute Gasteiger partial charge is 0.265 e. The van der Waals surface area contributed by atoms with Crippen LogP contribution in [0, 0.1) is 13.8 Å². The molecule has 0 radical (unpaired) electrons. The molecule has 0 bridgehead atoms. The van der Waals surface area contributed by atoms with Crippen molar-refractivity contribution in [2.24, 2.45) is 0 Å². The molecule has 150 valence electrons. The van der Waals surface area contributed by atoms with Gasteiger partial charge in [0.05, 0.1) is 30.3 Å². The molecule has 4 rings (SSSR count). The van der Waals surface area contributed by atoms with E-state index in [4.69, 9.17) is 14.0 Å². The normalized spacial score (nSPS) is 18.1. The van der Waals surface area contributed by atoms with Crippen molar-refractivity contribution in [2.45, 2.75) is 25.3 Å². The number of aromatic nitrogens is 2. The Bertz CT molecular complexity index is 1010. The highest BCUT2D eigenvalue weighted by Crippen LogP contribution is 2.37. The molecule has 1 amide bonds. The van der Waals surface area contributed by atoms with E-state index in [0.29, 0.717) is 55.0 Å². The summed E-state index contributed by atoms with van der Waals surface area (Å²) in [5.41, 5.74) is 1.01. The number of amides is 1. The first-order valence-corrected chi connectivity index (χ1v) is 10.2. The van der Waals surface area contributed by atoms with E-state index < -0.39 is 10.0 Å². The number of aryl methyl sites for hydroxylation is 2. The van der Waals surface area contributed by atoms with Crippen molar-refractivity contribution in [3.8, 4) is 5.75 Å². The number of nitrogens with zero attached hydrogens (tertiary/aromatic N) is 4. The summed E-state index contributed by atoms with van der Waals surface area (Å²) in [4.78, 5) is 18.1. The largest absolute Gasteiger partial charge is 0.482 e. The van der Waals surface area contributed by atoms with Crippen LogP contribution in [0.3, 0.4) is 0 Å². The number of hydrogen-bond donors (Lipinski definition) is 0. The fraction of sp³-hybridized carbons (Fsp3) is 0.471. The van der Waals surface area contributed by atoms with E-state index in [1.807, 2.05) is 0 Å². The second-order valence-corrected chi connectivity index (χ2v) is 8.51. The number of hydrogen-bond acceptors (Lipinski definition) is 8. The van der Waals surface area contributed by atoms with Crippen LogP contribution >= 0.6 is 0 Å². The Morgan fingerprint density at radius 2 is 1.93 bits per heavy atom. The Kier molecular flexibility index (Phi) is 4.81. The first kappa shape index (κ1) is 18.8. The predicted octanol–water partition coefficient (Wildman–Crippen LogP) is 0.633. The van der Waals surface area contributed by atoms with Crippen LogP contribution in [0.15, 0.2) is 21.6 Å². The number of fused-ring (bicyclic) bond motifs is 1. The SMILES string of the molecule is Cc1nc(CN2C(=O)COc3cc(S(=O)(=O)N4CCOCC4)c(C)cc32)no1. The molecule has 1 aromatic heterocycles. The molecule has 1 saturated heterocycles. The minimum absolute atomic E-state index is 0.113. The quantitative estimate of drug-likeness (QED) is 0.724. The van der Waals surface area contributed by atoms with Crippen molar-refractivity contribution in [3.63, 3.8) is 0 Å². The highest BCUT2D eigenvalue weighted by molar-refractivity contribution is 7.89. The molecule has 28 heavy (non-hydrogen) atoms. The van der Waals surface area contributed by atoms with Gasteiger partial charge in [-0.3, -0.25) is 9.69 Å². The zero-order valence-electron chi connectivity index (χ0n) is 15.5. The minimum Gasteiger partial charge on any atom is -0.482 e. The first-order valence-electron chi connectivity index (χ1n) is 8.81. The lowest BCUT2D eigenvalue weighted by Gasteiger charge is -2.31. The number of carbonyl (C=O) groups is 1. The summed E-state index contributed by atoms with van der Waals surface area (Å²) in [5.74, 6) is 0.829. The van der Waals surface area contributed by atoms with Crippen LogP contribution in [0.4, 0.5) is 5.69 Å². The summed E-state index contributed by atoms with van der Waals surface area (Å²) in [6, 6.07) is 3.13. The Morgan fingerprint density at radius 1 is 1.18 bits per heavy atom. The number of ether oxygens (including phenoxy) is 2. The monoisotopic (exact) mass is 408 g/mol. The fourth-order valence-electron chi connectivity index (χ4n) is 3.26. The third-order valence-electron chi connectivity index (χ3n) is 4.66. The van der Waals surface area contributed by atoms with Crippen LogP contribution < -0.4 is 9.64 Å². The molecule has 0 spiro atoms. The van der Waals surface area contributed by atoms with E-state index in [1.165, 1.54) is 15.3 Å². The Balaban J connectivity index is 1.70. The van der Waals surface area contributed by atoms with Gasteiger partial charge in [0.25, 0.3) is 5.91 Å². The second kappa shape index (κ2) is 7.15. The highest BCUT2D eigenvalue weighted by atomic mass is 32.2. The third kappa shape index (κ3) is 3.36. The summed E-state index contributed by atoms with van der Waals surface area (Å²) in [6.07, 6.45) is 0. The molecule has 0 saturated carbocycles. The molecule has 0 unspecified atom stereocenters. The van der Waals surface area contributed by atoms with E-state index in [2.05, 4.69) is 10.1 Å². The van der Waals surface area contributed by atoms with Gasteiger partial charge in [0.2, 0.25) is 15.9 Å². The van der Waals surface area contributed by atoms with Gasteiger partial charge in [0.1, 0.15) is 5.75 Å². The number of anilines is 1. The lowest BCUT2D eigenvalue weighted by atomic mass is 10.1. The van der Waals surface area contributed by atoms with Gasteiger partial charge >= 0.3 is 0 Å². The summed E-state index contributed by atoms with van der Waals surface area (Å²) >= 11 is 0. The van der Waals surface area contributed by atoms with Crippen molar-refractivity contribution in [2.75, 3.05) is 37.8 Å². The average Bonchev–Trinajstić information content (AvgIpc) is 3.09. The number of rotatable bonds is 4. The average molecular weight is 408 g/mol. The summed E-state index contributed by atoms with van der Waals surface area (Å²) in [7, 11) is -3.68. The maximum absolute atomic E-state index is 13.0. The van der Waals surface area contributed by atoms with E-state index in [9.17, 15) is 13.2 Å².